The number of benzene rings is 2. The topological polar surface area (TPSA) is 59.3 Å². The van der Waals surface area contributed by atoms with Crippen molar-refractivity contribution in [3.8, 4) is 11.3 Å². The molecular formula is C21H21NO3. The van der Waals surface area contributed by atoms with Gasteiger partial charge < -0.3 is 9.73 Å². The molecule has 1 heterocycles. The molecule has 4 nitrogen and oxygen atoms in total. The quantitative estimate of drug-likeness (QED) is 0.779. The normalized spacial score (nSPS) is 11.0. The Morgan fingerprint density at radius 2 is 1.80 bits per heavy atom. The summed E-state index contributed by atoms with van der Waals surface area (Å²) in [6.07, 6.45) is 0. The summed E-state index contributed by atoms with van der Waals surface area (Å²) in [5, 5.41) is 3.46. The van der Waals surface area contributed by atoms with Gasteiger partial charge in [-0.2, -0.15) is 0 Å². The Bertz CT molecular complexity index is 969. The van der Waals surface area contributed by atoms with Crippen LogP contribution in [0.5, 0.6) is 0 Å². The highest BCUT2D eigenvalue weighted by Gasteiger charge is 2.10. The second kappa shape index (κ2) is 6.93. The fraction of sp³-hybridized carbons (Fsp3) is 0.238. The van der Waals surface area contributed by atoms with E-state index in [9.17, 15) is 9.59 Å². The lowest BCUT2D eigenvalue weighted by Crippen LogP contribution is -2.27. The molecule has 4 heteroatoms. The maximum absolute atomic E-state index is 12.3. The summed E-state index contributed by atoms with van der Waals surface area (Å²) in [6, 6.07) is 14.1. The Morgan fingerprint density at radius 3 is 2.48 bits per heavy atom. The zero-order valence-corrected chi connectivity index (χ0v) is 14.6. The van der Waals surface area contributed by atoms with E-state index < -0.39 is 0 Å². The Labute approximate surface area is 146 Å². The second-order valence-corrected chi connectivity index (χ2v) is 6.66. The second-order valence-electron chi connectivity index (χ2n) is 6.66. The maximum Gasteiger partial charge on any atom is 0.251 e. The van der Waals surface area contributed by atoms with E-state index in [1.807, 2.05) is 39.0 Å². The smallest absolute Gasteiger partial charge is 0.251 e. The van der Waals surface area contributed by atoms with E-state index >= 15 is 0 Å². The van der Waals surface area contributed by atoms with Gasteiger partial charge in [-0.3, -0.25) is 9.59 Å². The minimum atomic E-state index is -0.101. The number of carbonyl (C=O) groups excluding carboxylic acids is 1. The average molecular weight is 335 g/mol. The summed E-state index contributed by atoms with van der Waals surface area (Å²) in [5.41, 5.74) is 2.86. The van der Waals surface area contributed by atoms with E-state index in [1.54, 1.807) is 24.3 Å². The molecule has 0 radical (unpaired) electrons. The summed E-state index contributed by atoms with van der Waals surface area (Å²) in [7, 11) is 0. The molecular weight excluding hydrogens is 314 g/mol. The van der Waals surface area contributed by atoms with Crippen LogP contribution in [0, 0.1) is 12.8 Å². The predicted molar refractivity (Wildman–Crippen MR) is 99.8 cm³/mol. The molecule has 128 valence electrons. The fourth-order valence-electron chi connectivity index (χ4n) is 2.60. The van der Waals surface area contributed by atoms with Gasteiger partial charge in [0.05, 0.1) is 5.39 Å². The molecule has 3 rings (SSSR count). The molecule has 0 fully saturated rings. The third-order valence-corrected chi connectivity index (χ3v) is 3.99. The number of aryl methyl sites for hydroxylation is 1. The number of rotatable bonds is 4. The fourth-order valence-corrected chi connectivity index (χ4v) is 2.60. The van der Waals surface area contributed by atoms with Gasteiger partial charge in [0, 0.05) is 23.7 Å². The zero-order chi connectivity index (χ0) is 18.0. The highest BCUT2D eigenvalue weighted by Crippen LogP contribution is 2.23. The third-order valence-electron chi connectivity index (χ3n) is 3.99. The largest absolute Gasteiger partial charge is 0.456 e. The summed E-state index contributed by atoms with van der Waals surface area (Å²) >= 11 is 0. The SMILES string of the molecule is Cc1ccc2oc(-c3ccc(C(=O)NCC(C)C)cc3)cc(=O)c2c1. The first kappa shape index (κ1) is 17.0. The number of amides is 1. The van der Waals surface area contributed by atoms with E-state index in [0.29, 0.717) is 34.8 Å². The lowest BCUT2D eigenvalue weighted by atomic mass is 10.1. The summed E-state index contributed by atoms with van der Waals surface area (Å²) in [5.74, 6) is 0.796. The first-order valence-corrected chi connectivity index (χ1v) is 8.37. The molecule has 0 unspecified atom stereocenters. The monoisotopic (exact) mass is 335 g/mol. The Kier molecular flexibility index (Phi) is 4.70. The van der Waals surface area contributed by atoms with Crippen LogP contribution in [0.1, 0.15) is 29.8 Å². The van der Waals surface area contributed by atoms with Crippen molar-refractivity contribution in [3.05, 3.63) is 69.9 Å². The van der Waals surface area contributed by atoms with Crippen LogP contribution >= 0.6 is 0 Å². The summed E-state index contributed by atoms with van der Waals surface area (Å²) < 4.78 is 5.86. The molecule has 1 aromatic heterocycles. The van der Waals surface area contributed by atoms with Gasteiger partial charge in [0.25, 0.3) is 5.91 Å². The molecule has 0 aliphatic rings. The van der Waals surface area contributed by atoms with E-state index in [1.165, 1.54) is 6.07 Å². The van der Waals surface area contributed by atoms with Crippen molar-refractivity contribution in [2.75, 3.05) is 6.54 Å². The molecule has 3 aromatic rings. The first-order chi connectivity index (χ1) is 11.9. The van der Waals surface area contributed by atoms with Crippen molar-refractivity contribution in [1.82, 2.24) is 5.32 Å². The molecule has 0 atom stereocenters. The summed E-state index contributed by atoms with van der Waals surface area (Å²) in [4.78, 5) is 24.4. The molecule has 1 amide bonds. The van der Waals surface area contributed by atoms with E-state index in [4.69, 9.17) is 4.42 Å². The van der Waals surface area contributed by atoms with Crippen LogP contribution < -0.4 is 10.7 Å². The van der Waals surface area contributed by atoms with Crippen LogP contribution in [0.4, 0.5) is 0 Å². The van der Waals surface area contributed by atoms with Gasteiger partial charge in [0.15, 0.2) is 5.43 Å². The van der Waals surface area contributed by atoms with Crippen molar-refractivity contribution in [2.24, 2.45) is 5.92 Å². The predicted octanol–water partition coefficient (Wildman–Crippen LogP) is 4.15. The lowest BCUT2D eigenvalue weighted by Gasteiger charge is -2.08. The molecule has 25 heavy (non-hydrogen) atoms. The van der Waals surface area contributed by atoms with Gasteiger partial charge in [0.1, 0.15) is 11.3 Å². The van der Waals surface area contributed by atoms with Crippen LogP contribution in [0.15, 0.2) is 57.7 Å². The first-order valence-electron chi connectivity index (χ1n) is 8.37. The third kappa shape index (κ3) is 3.79. The van der Waals surface area contributed by atoms with Crippen molar-refractivity contribution < 1.29 is 9.21 Å². The molecule has 0 aliphatic heterocycles. The van der Waals surface area contributed by atoms with Crippen molar-refractivity contribution >= 4 is 16.9 Å². The van der Waals surface area contributed by atoms with Crippen molar-refractivity contribution in [1.29, 1.82) is 0 Å². The van der Waals surface area contributed by atoms with Gasteiger partial charge in [0.2, 0.25) is 0 Å². The van der Waals surface area contributed by atoms with E-state index in [-0.39, 0.29) is 11.3 Å². The number of nitrogens with one attached hydrogen (secondary N) is 1. The van der Waals surface area contributed by atoms with Gasteiger partial charge in [-0.15, -0.1) is 0 Å². The van der Waals surface area contributed by atoms with Crippen LogP contribution in [0.25, 0.3) is 22.3 Å². The number of carbonyl (C=O) groups is 1. The Balaban J connectivity index is 1.90. The molecule has 2 aromatic carbocycles. The summed E-state index contributed by atoms with van der Waals surface area (Å²) in [6.45, 7) is 6.68. The number of fused-ring (bicyclic) bond motifs is 1. The van der Waals surface area contributed by atoms with Crippen LogP contribution in [0.3, 0.4) is 0 Å². The molecule has 0 bridgehead atoms. The van der Waals surface area contributed by atoms with Gasteiger partial charge in [-0.25, -0.2) is 0 Å². The lowest BCUT2D eigenvalue weighted by molar-refractivity contribution is 0.0949. The van der Waals surface area contributed by atoms with Crippen LogP contribution in [-0.2, 0) is 0 Å². The number of hydrogen-bond acceptors (Lipinski definition) is 3. The van der Waals surface area contributed by atoms with E-state index in [0.717, 1.165) is 11.1 Å². The van der Waals surface area contributed by atoms with Gasteiger partial charge in [-0.05, 0) is 37.1 Å². The maximum atomic E-state index is 12.3. The Morgan fingerprint density at radius 1 is 1.08 bits per heavy atom. The zero-order valence-electron chi connectivity index (χ0n) is 14.6. The van der Waals surface area contributed by atoms with Crippen LogP contribution in [0.2, 0.25) is 0 Å². The van der Waals surface area contributed by atoms with Gasteiger partial charge >= 0.3 is 0 Å². The Hall–Kier alpha value is -2.88. The molecule has 0 aliphatic carbocycles. The highest BCUT2D eigenvalue weighted by atomic mass is 16.3. The molecule has 0 saturated heterocycles. The minimum absolute atomic E-state index is 0.0706. The molecule has 0 saturated carbocycles. The number of hydrogen-bond donors (Lipinski definition) is 1. The molecule has 0 spiro atoms. The van der Waals surface area contributed by atoms with Crippen molar-refractivity contribution in [2.45, 2.75) is 20.8 Å². The average Bonchev–Trinajstić information content (AvgIpc) is 2.60. The standard InChI is InChI=1S/C21H21NO3/c1-13(2)12-22-21(24)16-7-5-15(6-8-16)20-11-18(23)17-10-14(3)4-9-19(17)25-20/h4-11,13H,12H2,1-3H3,(H,22,24). The minimum Gasteiger partial charge on any atom is -0.456 e. The molecule has 1 N–H and O–H groups in total. The van der Waals surface area contributed by atoms with E-state index in [2.05, 4.69) is 5.32 Å². The van der Waals surface area contributed by atoms with Gasteiger partial charge in [-0.1, -0.05) is 37.6 Å². The van der Waals surface area contributed by atoms with Crippen molar-refractivity contribution in [3.63, 3.8) is 0 Å². The highest BCUT2D eigenvalue weighted by molar-refractivity contribution is 5.94. The van der Waals surface area contributed by atoms with Crippen LogP contribution in [-0.4, -0.2) is 12.5 Å².